The molecule has 0 spiro atoms. The van der Waals surface area contributed by atoms with E-state index in [1.54, 1.807) is 31.2 Å². The Morgan fingerprint density at radius 1 is 1.00 bits per heavy atom. The van der Waals surface area contributed by atoms with Gasteiger partial charge < -0.3 is 10.1 Å². The number of aryl methyl sites for hydroxylation is 1. The van der Waals surface area contributed by atoms with Gasteiger partial charge in [0.1, 0.15) is 0 Å². The third-order valence-electron chi connectivity index (χ3n) is 2.98. The van der Waals surface area contributed by atoms with Crippen LogP contribution in [-0.4, -0.2) is 18.0 Å². The average Bonchev–Trinajstić information content (AvgIpc) is 2.48. The third-order valence-corrected chi connectivity index (χ3v) is 2.98. The Bertz CT molecular complexity index is 620. The minimum absolute atomic E-state index is 0.360. The van der Waals surface area contributed by atoms with E-state index in [9.17, 15) is 9.59 Å². The van der Waals surface area contributed by atoms with Gasteiger partial charge in [0.2, 0.25) is 0 Å². The van der Waals surface area contributed by atoms with Gasteiger partial charge in [-0.15, -0.1) is 0 Å². The van der Waals surface area contributed by atoms with Crippen molar-refractivity contribution in [3.05, 3.63) is 65.7 Å². The van der Waals surface area contributed by atoms with Crippen LogP contribution < -0.4 is 5.32 Å². The molecule has 0 fully saturated rings. The lowest BCUT2D eigenvalue weighted by Crippen LogP contribution is -2.29. The molecule has 4 heteroatoms. The molecule has 2 rings (SSSR count). The number of esters is 1. The van der Waals surface area contributed by atoms with Crippen LogP contribution in [0.15, 0.2) is 54.6 Å². The number of para-hydroxylation sites is 1. The highest BCUT2D eigenvalue weighted by atomic mass is 16.5. The van der Waals surface area contributed by atoms with Crippen LogP contribution in [0.2, 0.25) is 0 Å². The predicted octanol–water partition coefficient (Wildman–Crippen LogP) is 3.18. The molecule has 0 heterocycles. The number of nitrogens with one attached hydrogen (secondary N) is 1. The van der Waals surface area contributed by atoms with Gasteiger partial charge in [-0.1, -0.05) is 35.9 Å². The molecular weight excluding hydrogens is 266 g/mol. The third kappa shape index (κ3) is 4.18. The van der Waals surface area contributed by atoms with E-state index in [1.165, 1.54) is 0 Å². The second kappa shape index (κ2) is 6.70. The van der Waals surface area contributed by atoms with Gasteiger partial charge in [-0.05, 0) is 38.1 Å². The number of carbonyl (C=O) groups is 2. The Morgan fingerprint density at radius 2 is 1.62 bits per heavy atom. The van der Waals surface area contributed by atoms with Gasteiger partial charge in [0.15, 0.2) is 6.10 Å². The molecule has 0 saturated heterocycles. The highest BCUT2D eigenvalue weighted by Crippen LogP contribution is 2.09. The first-order chi connectivity index (χ1) is 10.1. The molecular formula is C17H17NO3. The van der Waals surface area contributed by atoms with Crippen LogP contribution in [-0.2, 0) is 9.53 Å². The predicted molar refractivity (Wildman–Crippen MR) is 81.1 cm³/mol. The summed E-state index contributed by atoms with van der Waals surface area (Å²) in [7, 11) is 0. The van der Waals surface area contributed by atoms with E-state index in [0.717, 1.165) is 5.56 Å². The average molecular weight is 283 g/mol. The van der Waals surface area contributed by atoms with Crippen molar-refractivity contribution in [1.82, 2.24) is 0 Å². The molecule has 1 N–H and O–H groups in total. The van der Waals surface area contributed by atoms with E-state index in [2.05, 4.69) is 5.32 Å². The number of benzene rings is 2. The molecule has 0 aliphatic carbocycles. The van der Waals surface area contributed by atoms with Gasteiger partial charge >= 0.3 is 5.97 Å². The van der Waals surface area contributed by atoms with Gasteiger partial charge in [-0.25, -0.2) is 4.79 Å². The zero-order valence-electron chi connectivity index (χ0n) is 12.0. The second-order valence-corrected chi connectivity index (χ2v) is 4.77. The van der Waals surface area contributed by atoms with E-state index in [0.29, 0.717) is 11.3 Å². The smallest absolute Gasteiger partial charge is 0.338 e. The number of anilines is 1. The van der Waals surface area contributed by atoms with Crippen LogP contribution in [0, 0.1) is 6.92 Å². The topological polar surface area (TPSA) is 55.4 Å². The quantitative estimate of drug-likeness (QED) is 0.877. The molecule has 1 amide bonds. The van der Waals surface area contributed by atoms with Crippen molar-refractivity contribution in [1.29, 1.82) is 0 Å². The SMILES string of the molecule is Cc1ccc(C(=O)OC(C)C(=O)Nc2ccccc2)cc1. The molecule has 4 nitrogen and oxygen atoms in total. The standard InChI is InChI=1S/C17H17NO3/c1-12-8-10-14(11-9-12)17(20)21-13(2)16(19)18-15-6-4-3-5-7-15/h3-11,13H,1-2H3,(H,18,19). The fraction of sp³-hybridized carbons (Fsp3) is 0.176. The van der Waals surface area contributed by atoms with E-state index in [1.807, 2.05) is 37.3 Å². The maximum atomic E-state index is 11.9. The Hall–Kier alpha value is -2.62. The fourth-order valence-corrected chi connectivity index (χ4v) is 1.74. The highest BCUT2D eigenvalue weighted by Gasteiger charge is 2.18. The summed E-state index contributed by atoms with van der Waals surface area (Å²) < 4.78 is 5.16. The van der Waals surface area contributed by atoms with E-state index >= 15 is 0 Å². The number of amides is 1. The first-order valence-corrected chi connectivity index (χ1v) is 6.70. The van der Waals surface area contributed by atoms with Gasteiger partial charge in [0, 0.05) is 5.69 Å². The van der Waals surface area contributed by atoms with E-state index < -0.39 is 12.1 Å². The lowest BCUT2D eigenvalue weighted by atomic mass is 10.1. The summed E-state index contributed by atoms with van der Waals surface area (Å²) in [6.45, 7) is 3.48. The number of carbonyl (C=O) groups excluding carboxylic acids is 2. The van der Waals surface area contributed by atoms with Gasteiger partial charge in [-0.2, -0.15) is 0 Å². The van der Waals surface area contributed by atoms with Crippen LogP contribution >= 0.6 is 0 Å². The summed E-state index contributed by atoms with van der Waals surface area (Å²) in [5, 5.41) is 2.69. The molecule has 2 aromatic rings. The minimum atomic E-state index is -0.862. The molecule has 0 aliphatic heterocycles. The molecule has 0 aliphatic rings. The molecule has 2 aromatic carbocycles. The Balaban J connectivity index is 1.94. The number of hydrogen-bond donors (Lipinski definition) is 1. The fourth-order valence-electron chi connectivity index (χ4n) is 1.74. The monoisotopic (exact) mass is 283 g/mol. The molecule has 0 saturated carbocycles. The zero-order chi connectivity index (χ0) is 15.2. The first-order valence-electron chi connectivity index (χ1n) is 6.70. The van der Waals surface area contributed by atoms with Crippen LogP contribution in [0.5, 0.6) is 0 Å². The normalized spacial score (nSPS) is 11.5. The highest BCUT2D eigenvalue weighted by molar-refractivity contribution is 5.97. The van der Waals surface area contributed by atoms with Crippen LogP contribution in [0.4, 0.5) is 5.69 Å². The van der Waals surface area contributed by atoms with Crippen molar-refractivity contribution in [3.8, 4) is 0 Å². The summed E-state index contributed by atoms with van der Waals surface area (Å²) in [6, 6.07) is 16.0. The number of ether oxygens (including phenoxy) is 1. The minimum Gasteiger partial charge on any atom is -0.449 e. The van der Waals surface area contributed by atoms with Crippen LogP contribution in [0.3, 0.4) is 0 Å². The molecule has 0 radical (unpaired) electrons. The first kappa shape index (κ1) is 14.8. The lowest BCUT2D eigenvalue weighted by Gasteiger charge is -2.13. The van der Waals surface area contributed by atoms with E-state index in [4.69, 9.17) is 4.74 Å². The molecule has 0 bridgehead atoms. The molecule has 0 aromatic heterocycles. The van der Waals surface area contributed by atoms with Crippen molar-refractivity contribution < 1.29 is 14.3 Å². The van der Waals surface area contributed by atoms with Gasteiger partial charge in [0.05, 0.1) is 5.56 Å². The Morgan fingerprint density at radius 3 is 2.24 bits per heavy atom. The zero-order valence-corrected chi connectivity index (χ0v) is 12.0. The van der Waals surface area contributed by atoms with Crippen molar-refractivity contribution >= 4 is 17.6 Å². The summed E-state index contributed by atoms with van der Waals surface area (Å²) in [4.78, 5) is 23.9. The van der Waals surface area contributed by atoms with Crippen LogP contribution in [0.1, 0.15) is 22.8 Å². The van der Waals surface area contributed by atoms with Crippen molar-refractivity contribution in [2.24, 2.45) is 0 Å². The van der Waals surface area contributed by atoms with Crippen LogP contribution in [0.25, 0.3) is 0 Å². The number of rotatable bonds is 4. The molecule has 1 atom stereocenters. The summed E-state index contributed by atoms with van der Waals surface area (Å²) in [6.07, 6.45) is -0.862. The largest absolute Gasteiger partial charge is 0.449 e. The molecule has 108 valence electrons. The lowest BCUT2D eigenvalue weighted by molar-refractivity contribution is -0.123. The summed E-state index contributed by atoms with van der Waals surface area (Å²) >= 11 is 0. The second-order valence-electron chi connectivity index (χ2n) is 4.77. The van der Waals surface area contributed by atoms with Crippen molar-refractivity contribution in [3.63, 3.8) is 0 Å². The Kier molecular flexibility index (Phi) is 4.72. The van der Waals surface area contributed by atoms with Gasteiger partial charge in [0.25, 0.3) is 5.91 Å². The molecule has 21 heavy (non-hydrogen) atoms. The maximum absolute atomic E-state index is 11.9. The van der Waals surface area contributed by atoms with Gasteiger partial charge in [-0.3, -0.25) is 4.79 Å². The number of hydrogen-bond acceptors (Lipinski definition) is 3. The maximum Gasteiger partial charge on any atom is 0.338 e. The summed E-state index contributed by atoms with van der Waals surface area (Å²) in [5.41, 5.74) is 2.15. The van der Waals surface area contributed by atoms with E-state index in [-0.39, 0.29) is 5.91 Å². The summed E-state index contributed by atoms with van der Waals surface area (Å²) in [5.74, 6) is -0.868. The Labute approximate surface area is 123 Å². The van der Waals surface area contributed by atoms with Crippen molar-refractivity contribution in [2.75, 3.05) is 5.32 Å². The van der Waals surface area contributed by atoms with Crippen molar-refractivity contribution in [2.45, 2.75) is 20.0 Å². The molecule has 1 unspecified atom stereocenters.